The molecule has 0 aliphatic carbocycles. The van der Waals surface area contributed by atoms with Gasteiger partial charge in [0.05, 0.1) is 13.2 Å². The van der Waals surface area contributed by atoms with Crippen LogP contribution >= 0.6 is 0 Å². The standard InChI is InChI=1S/C14H19NO6/c1-3-20-10-6-4-5-7-11(10)21-8-12(16)15-9-14(2,19)13(17)18/h4-7,19H,3,8-9H2,1-2H3,(H,15,16)(H,17,18). The number of benzene rings is 1. The molecule has 0 aromatic heterocycles. The molecular weight excluding hydrogens is 278 g/mol. The van der Waals surface area contributed by atoms with Crippen molar-refractivity contribution in [2.24, 2.45) is 0 Å². The number of amides is 1. The number of rotatable bonds is 8. The molecule has 1 aromatic carbocycles. The summed E-state index contributed by atoms with van der Waals surface area (Å²) < 4.78 is 10.7. The quantitative estimate of drug-likeness (QED) is 0.642. The molecule has 7 nitrogen and oxygen atoms in total. The first-order valence-electron chi connectivity index (χ1n) is 6.44. The smallest absolute Gasteiger partial charge is 0.337 e. The monoisotopic (exact) mass is 297 g/mol. The molecule has 0 fully saturated rings. The second-order valence-electron chi connectivity index (χ2n) is 4.52. The van der Waals surface area contributed by atoms with Gasteiger partial charge < -0.3 is 25.0 Å². The molecule has 0 aliphatic heterocycles. The highest BCUT2D eigenvalue weighted by Crippen LogP contribution is 2.26. The summed E-state index contributed by atoms with van der Waals surface area (Å²) in [5.74, 6) is -1.02. The molecule has 1 rings (SSSR count). The van der Waals surface area contributed by atoms with E-state index in [0.717, 1.165) is 6.92 Å². The minimum Gasteiger partial charge on any atom is -0.490 e. The predicted molar refractivity (Wildman–Crippen MR) is 74.4 cm³/mol. The minimum atomic E-state index is -2.01. The molecule has 0 bridgehead atoms. The van der Waals surface area contributed by atoms with Gasteiger partial charge in [0.25, 0.3) is 5.91 Å². The van der Waals surface area contributed by atoms with Crippen molar-refractivity contribution in [3.8, 4) is 11.5 Å². The maximum Gasteiger partial charge on any atom is 0.337 e. The zero-order valence-electron chi connectivity index (χ0n) is 12.0. The molecule has 1 unspecified atom stereocenters. The van der Waals surface area contributed by atoms with Crippen molar-refractivity contribution in [3.05, 3.63) is 24.3 Å². The number of ether oxygens (including phenoxy) is 2. The maximum absolute atomic E-state index is 11.6. The summed E-state index contributed by atoms with van der Waals surface area (Å²) in [5.41, 5.74) is -2.01. The molecule has 0 saturated carbocycles. The van der Waals surface area contributed by atoms with Crippen molar-refractivity contribution in [1.82, 2.24) is 5.32 Å². The second-order valence-corrected chi connectivity index (χ2v) is 4.52. The van der Waals surface area contributed by atoms with Gasteiger partial charge in [0.1, 0.15) is 0 Å². The molecule has 7 heteroatoms. The Morgan fingerprint density at radius 1 is 1.24 bits per heavy atom. The fourth-order valence-corrected chi connectivity index (χ4v) is 1.38. The van der Waals surface area contributed by atoms with E-state index in [1.807, 2.05) is 6.92 Å². The van der Waals surface area contributed by atoms with Crippen molar-refractivity contribution in [2.45, 2.75) is 19.4 Å². The highest BCUT2D eigenvalue weighted by atomic mass is 16.5. The van der Waals surface area contributed by atoms with Gasteiger partial charge in [0.2, 0.25) is 0 Å². The molecule has 1 aromatic rings. The number of aliphatic hydroxyl groups is 1. The van der Waals surface area contributed by atoms with Crippen molar-refractivity contribution in [2.75, 3.05) is 19.8 Å². The van der Waals surface area contributed by atoms with Crippen LogP contribution in [-0.2, 0) is 9.59 Å². The lowest BCUT2D eigenvalue weighted by Crippen LogP contribution is -2.47. The van der Waals surface area contributed by atoms with Gasteiger partial charge in [-0.25, -0.2) is 4.79 Å². The van der Waals surface area contributed by atoms with E-state index in [-0.39, 0.29) is 6.61 Å². The largest absolute Gasteiger partial charge is 0.490 e. The molecule has 0 spiro atoms. The molecule has 3 N–H and O–H groups in total. The predicted octanol–water partition coefficient (Wildman–Crippen LogP) is 0.416. The molecule has 1 atom stereocenters. The Bertz CT molecular complexity index is 500. The van der Waals surface area contributed by atoms with Crippen LogP contribution in [0.3, 0.4) is 0 Å². The van der Waals surface area contributed by atoms with E-state index < -0.39 is 24.0 Å². The van der Waals surface area contributed by atoms with Gasteiger partial charge in [0, 0.05) is 0 Å². The number of hydrogen-bond donors (Lipinski definition) is 3. The summed E-state index contributed by atoms with van der Waals surface area (Å²) in [6.07, 6.45) is 0. The lowest BCUT2D eigenvalue weighted by Gasteiger charge is -2.18. The number of carboxylic acids is 1. The van der Waals surface area contributed by atoms with Crippen LogP contribution in [0, 0.1) is 0 Å². The van der Waals surface area contributed by atoms with Crippen LogP contribution in [0.2, 0.25) is 0 Å². The van der Waals surface area contributed by atoms with E-state index in [1.54, 1.807) is 24.3 Å². The van der Waals surface area contributed by atoms with Gasteiger partial charge in [-0.15, -0.1) is 0 Å². The van der Waals surface area contributed by atoms with Gasteiger partial charge in [-0.3, -0.25) is 4.79 Å². The lowest BCUT2D eigenvalue weighted by atomic mass is 10.1. The van der Waals surface area contributed by atoms with Crippen LogP contribution in [-0.4, -0.2) is 47.4 Å². The summed E-state index contributed by atoms with van der Waals surface area (Å²) >= 11 is 0. The van der Waals surface area contributed by atoms with Gasteiger partial charge in [0.15, 0.2) is 23.7 Å². The molecule has 0 heterocycles. The third kappa shape index (κ3) is 5.31. The van der Waals surface area contributed by atoms with Crippen molar-refractivity contribution in [1.29, 1.82) is 0 Å². The summed E-state index contributed by atoms with van der Waals surface area (Å²) in [7, 11) is 0. The van der Waals surface area contributed by atoms with E-state index in [1.165, 1.54) is 0 Å². The third-order valence-corrected chi connectivity index (χ3v) is 2.60. The van der Waals surface area contributed by atoms with Gasteiger partial charge in [-0.05, 0) is 26.0 Å². The first-order valence-corrected chi connectivity index (χ1v) is 6.44. The topological polar surface area (TPSA) is 105 Å². The second kappa shape index (κ2) is 7.49. The molecule has 1 amide bonds. The number of carbonyl (C=O) groups excluding carboxylic acids is 1. The van der Waals surface area contributed by atoms with Crippen LogP contribution in [0.15, 0.2) is 24.3 Å². The van der Waals surface area contributed by atoms with Crippen molar-refractivity contribution >= 4 is 11.9 Å². The average Bonchev–Trinajstić information content (AvgIpc) is 2.44. The van der Waals surface area contributed by atoms with E-state index in [2.05, 4.69) is 5.32 Å². The summed E-state index contributed by atoms with van der Waals surface area (Å²) in [6.45, 7) is 2.68. The molecule has 0 radical (unpaired) electrons. The summed E-state index contributed by atoms with van der Waals surface area (Å²) in [6, 6.07) is 6.89. The number of carbonyl (C=O) groups is 2. The Labute approximate surface area is 122 Å². The fourth-order valence-electron chi connectivity index (χ4n) is 1.38. The molecule has 21 heavy (non-hydrogen) atoms. The highest BCUT2D eigenvalue weighted by molar-refractivity contribution is 5.81. The first kappa shape index (κ1) is 16.8. The Morgan fingerprint density at radius 2 is 1.81 bits per heavy atom. The molecular formula is C14H19NO6. The van der Waals surface area contributed by atoms with Crippen molar-refractivity contribution < 1.29 is 29.3 Å². The zero-order valence-corrected chi connectivity index (χ0v) is 12.0. The Hall–Kier alpha value is -2.28. The average molecular weight is 297 g/mol. The molecule has 0 saturated heterocycles. The third-order valence-electron chi connectivity index (χ3n) is 2.60. The minimum absolute atomic E-state index is 0.306. The first-order chi connectivity index (χ1) is 9.86. The zero-order chi connectivity index (χ0) is 15.9. The Morgan fingerprint density at radius 3 is 2.33 bits per heavy atom. The van der Waals surface area contributed by atoms with Gasteiger partial charge in [-0.2, -0.15) is 0 Å². The number of carboxylic acid groups (broad SMARTS) is 1. The maximum atomic E-state index is 11.6. The molecule has 0 aliphatic rings. The van der Waals surface area contributed by atoms with Crippen LogP contribution in [0.5, 0.6) is 11.5 Å². The summed E-state index contributed by atoms with van der Waals surface area (Å²) in [4.78, 5) is 22.3. The van der Waals surface area contributed by atoms with E-state index in [0.29, 0.717) is 18.1 Å². The summed E-state index contributed by atoms with van der Waals surface area (Å²) in [5, 5.41) is 20.5. The van der Waals surface area contributed by atoms with Gasteiger partial charge >= 0.3 is 5.97 Å². The lowest BCUT2D eigenvalue weighted by molar-refractivity contribution is -0.156. The van der Waals surface area contributed by atoms with Gasteiger partial charge in [-0.1, -0.05) is 12.1 Å². The van der Waals surface area contributed by atoms with Crippen LogP contribution in [0.1, 0.15) is 13.8 Å². The highest BCUT2D eigenvalue weighted by Gasteiger charge is 2.30. The van der Waals surface area contributed by atoms with Crippen LogP contribution in [0.25, 0.3) is 0 Å². The number of para-hydroxylation sites is 2. The van der Waals surface area contributed by atoms with Crippen molar-refractivity contribution in [3.63, 3.8) is 0 Å². The van der Waals surface area contributed by atoms with E-state index in [9.17, 15) is 14.7 Å². The number of hydrogen-bond acceptors (Lipinski definition) is 5. The van der Waals surface area contributed by atoms with E-state index in [4.69, 9.17) is 14.6 Å². The Kier molecular flexibility index (Phi) is 5.98. The SMILES string of the molecule is CCOc1ccccc1OCC(=O)NCC(C)(O)C(=O)O. The molecule has 116 valence electrons. The normalized spacial score (nSPS) is 13.1. The van der Waals surface area contributed by atoms with E-state index >= 15 is 0 Å². The van der Waals surface area contributed by atoms with Crippen LogP contribution < -0.4 is 14.8 Å². The fraction of sp³-hybridized carbons (Fsp3) is 0.429. The number of nitrogens with one attached hydrogen (secondary N) is 1. The number of aliphatic carboxylic acids is 1. The van der Waals surface area contributed by atoms with Crippen LogP contribution in [0.4, 0.5) is 0 Å². The Balaban J connectivity index is 2.49.